The van der Waals surface area contributed by atoms with Crippen molar-refractivity contribution in [3.8, 4) is 0 Å². The molecule has 0 radical (unpaired) electrons. The van der Waals surface area contributed by atoms with Gasteiger partial charge in [-0.1, -0.05) is 72.4 Å². The van der Waals surface area contributed by atoms with Crippen molar-refractivity contribution in [2.24, 2.45) is 5.92 Å². The summed E-state index contributed by atoms with van der Waals surface area (Å²) >= 11 is 0. The molecule has 0 aliphatic rings. The Labute approximate surface area is 191 Å². The van der Waals surface area contributed by atoms with Crippen LogP contribution < -0.4 is 0 Å². The predicted octanol–water partition coefficient (Wildman–Crippen LogP) is 7.23. The highest BCUT2D eigenvalue weighted by Gasteiger charge is 2.15. The van der Waals surface area contributed by atoms with Crippen LogP contribution in [0.5, 0.6) is 0 Å². The average Bonchev–Trinajstić information content (AvgIpc) is 2.81. The predicted molar refractivity (Wildman–Crippen MR) is 132 cm³/mol. The van der Waals surface area contributed by atoms with Gasteiger partial charge in [-0.25, -0.2) is 4.79 Å². The number of hydrogen-bond acceptors (Lipinski definition) is 3. The van der Waals surface area contributed by atoms with Gasteiger partial charge in [0.25, 0.3) is 0 Å². The molecule has 1 amide bonds. The maximum atomic E-state index is 11.9. The molecule has 4 nitrogen and oxygen atoms in total. The summed E-state index contributed by atoms with van der Waals surface area (Å²) in [5.74, 6) is 0.822. The van der Waals surface area contributed by atoms with E-state index in [1.54, 1.807) is 0 Å². The maximum Gasteiger partial charge on any atom is 0.338 e. The van der Waals surface area contributed by atoms with E-state index < -0.39 is 0 Å². The molecule has 0 heterocycles. The first-order chi connectivity index (χ1) is 14.9. The normalized spacial score (nSPS) is 12.4. The minimum absolute atomic E-state index is 0.190. The van der Waals surface area contributed by atoms with E-state index in [2.05, 4.69) is 20.8 Å². The van der Waals surface area contributed by atoms with Gasteiger partial charge in [0.2, 0.25) is 5.91 Å². The number of rotatable bonds is 13. The smallest absolute Gasteiger partial charge is 0.338 e. The van der Waals surface area contributed by atoms with Gasteiger partial charge in [0.15, 0.2) is 0 Å². The lowest BCUT2D eigenvalue weighted by atomic mass is 9.98. The number of carbonyl (C=O) groups is 2. The third-order valence-electron chi connectivity index (χ3n) is 5.92. The Kier molecular flexibility index (Phi) is 16.7. The molecule has 0 spiro atoms. The third-order valence-corrected chi connectivity index (χ3v) is 5.92. The van der Waals surface area contributed by atoms with Gasteiger partial charge in [0.05, 0.1) is 12.2 Å². The van der Waals surface area contributed by atoms with Gasteiger partial charge in [-0.2, -0.15) is 0 Å². The van der Waals surface area contributed by atoms with Crippen LogP contribution >= 0.6 is 0 Å². The van der Waals surface area contributed by atoms with E-state index in [0.717, 1.165) is 38.8 Å². The van der Waals surface area contributed by atoms with Gasteiger partial charge in [-0.3, -0.25) is 4.79 Å². The van der Waals surface area contributed by atoms with Crippen molar-refractivity contribution in [2.45, 2.75) is 99.3 Å². The Morgan fingerprint density at radius 1 is 0.839 bits per heavy atom. The van der Waals surface area contributed by atoms with Gasteiger partial charge in [0.1, 0.15) is 0 Å². The molecule has 1 aromatic carbocycles. The molecule has 0 bridgehead atoms. The first-order valence-corrected chi connectivity index (χ1v) is 12.4. The SMILES string of the molecule is CCC(C)C(=O)N(CC)CC.CCCCCCCOC(=O)c1ccc(C(C)CC)cc1. The van der Waals surface area contributed by atoms with Gasteiger partial charge >= 0.3 is 5.97 Å². The highest BCUT2D eigenvalue weighted by Crippen LogP contribution is 2.19. The first-order valence-electron chi connectivity index (χ1n) is 12.4. The topological polar surface area (TPSA) is 46.6 Å². The summed E-state index contributed by atoms with van der Waals surface area (Å²) in [4.78, 5) is 25.2. The van der Waals surface area contributed by atoms with E-state index in [1.165, 1.54) is 24.8 Å². The number of amides is 1. The largest absolute Gasteiger partial charge is 0.462 e. The van der Waals surface area contributed by atoms with Crippen molar-refractivity contribution in [1.29, 1.82) is 0 Å². The van der Waals surface area contributed by atoms with Crippen LogP contribution in [0.2, 0.25) is 0 Å². The molecule has 0 aromatic heterocycles. The molecule has 2 atom stereocenters. The number of benzene rings is 1. The van der Waals surface area contributed by atoms with Crippen molar-refractivity contribution < 1.29 is 14.3 Å². The Morgan fingerprint density at radius 2 is 1.42 bits per heavy atom. The van der Waals surface area contributed by atoms with Gasteiger partial charge < -0.3 is 9.64 Å². The van der Waals surface area contributed by atoms with Crippen molar-refractivity contribution >= 4 is 11.9 Å². The Morgan fingerprint density at radius 3 is 1.90 bits per heavy atom. The van der Waals surface area contributed by atoms with Crippen LogP contribution in [0.25, 0.3) is 0 Å². The summed E-state index contributed by atoms with van der Waals surface area (Å²) in [6.45, 7) is 16.8. The summed E-state index contributed by atoms with van der Waals surface area (Å²) in [5.41, 5.74) is 1.94. The van der Waals surface area contributed by atoms with Crippen molar-refractivity contribution in [3.63, 3.8) is 0 Å². The molecular weight excluding hydrogens is 386 g/mol. The fourth-order valence-electron chi connectivity index (χ4n) is 3.16. The fraction of sp³-hybridized carbons (Fsp3) is 0.704. The monoisotopic (exact) mass is 433 g/mol. The lowest BCUT2D eigenvalue weighted by molar-refractivity contribution is -0.134. The minimum atomic E-state index is -0.198. The Hall–Kier alpha value is -1.84. The second-order valence-corrected chi connectivity index (χ2v) is 8.30. The van der Waals surface area contributed by atoms with Crippen LogP contribution in [0, 0.1) is 5.92 Å². The summed E-state index contributed by atoms with van der Waals surface area (Å²) < 4.78 is 5.30. The van der Waals surface area contributed by atoms with Gasteiger partial charge in [-0.15, -0.1) is 0 Å². The molecule has 0 saturated heterocycles. The molecule has 0 aliphatic heterocycles. The zero-order valence-corrected chi connectivity index (χ0v) is 21.2. The molecule has 1 rings (SSSR count). The standard InChI is InChI=1S/C18H28O2.C9H19NO/c1-4-6-7-8-9-14-20-18(19)17-12-10-16(11-13-17)15(3)5-2;1-5-8(4)9(11)10(6-2)7-3/h10-13,15H,4-9,14H2,1-3H3;8H,5-7H2,1-4H3. The summed E-state index contributed by atoms with van der Waals surface area (Å²) in [6, 6.07) is 7.82. The van der Waals surface area contributed by atoms with E-state index in [9.17, 15) is 9.59 Å². The summed E-state index contributed by atoms with van der Waals surface area (Å²) in [7, 11) is 0. The van der Waals surface area contributed by atoms with Crippen LogP contribution in [-0.4, -0.2) is 36.5 Å². The molecule has 2 unspecified atom stereocenters. The second kappa shape index (κ2) is 17.8. The average molecular weight is 434 g/mol. The quantitative estimate of drug-likeness (QED) is 0.243. The van der Waals surface area contributed by atoms with Gasteiger partial charge in [-0.05, 0) is 56.7 Å². The van der Waals surface area contributed by atoms with Crippen molar-refractivity contribution in [2.75, 3.05) is 19.7 Å². The third kappa shape index (κ3) is 11.9. The Bertz CT molecular complexity index is 593. The number of hydrogen-bond donors (Lipinski definition) is 0. The van der Waals surface area contributed by atoms with E-state index in [-0.39, 0.29) is 17.8 Å². The molecule has 0 N–H and O–H groups in total. The Balaban J connectivity index is 0.000000695. The number of nitrogens with zero attached hydrogens (tertiary/aromatic N) is 1. The second-order valence-electron chi connectivity index (χ2n) is 8.30. The van der Waals surface area contributed by atoms with Crippen LogP contribution in [-0.2, 0) is 9.53 Å². The first kappa shape index (κ1) is 29.2. The van der Waals surface area contributed by atoms with E-state index in [1.807, 2.05) is 56.9 Å². The van der Waals surface area contributed by atoms with Crippen LogP contribution in [0.4, 0.5) is 0 Å². The highest BCUT2D eigenvalue weighted by atomic mass is 16.5. The van der Waals surface area contributed by atoms with E-state index >= 15 is 0 Å². The van der Waals surface area contributed by atoms with Crippen LogP contribution in [0.1, 0.15) is 115 Å². The lowest BCUT2D eigenvalue weighted by Gasteiger charge is -2.21. The molecule has 0 saturated carbocycles. The highest BCUT2D eigenvalue weighted by molar-refractivity contribution is 5.89. The van der Waals surface area contributed by atoms with Crippen molar-refractivity contribution in [3.05, 3.63) is 35.4 Å². The van der Waals surface area contributed by atoms with Crippen LogP contribution in [0.3, 0.4) is 0 Å². The fourth-order valence-corrected chi connectivity index (χ4v) is 3.16. The number of unbranched alkanes of at least 4 members (excludes halogenated alkanes) is 4. The minimum Gasteiger partial charge on any atom is -0.462 e. The van der Waals surface area contributed by atoms with Crippen molar-refractivity contribution in [1.82, 2.24) is 4.90 Å². The maximum absolute atomic E-state index is 11.9. The number of carbonyl (C=O) groups excluding carboxylic acids is 2. The lowest BCUT2D eigenvalue weighted by Crippen LogP contribution is -2.34. The molecule has 31 heavy (non-hydrogen) atoms. The number of esters is 1. The van der Waals surface area contributed by atoms with E-state index in [0.29, 0.717) is 18.1 Å². The zero-order chi connectivity index (χ0) is 23.6. The molecule has 178 valence electrons. The van der Waals surface area contributed by atoms with Gasteiger partial charge in [0, 0.05) is 19.0 Å². The van der Waals surface area contributed by atoms with E-state index in [4.69, 9.17) is 4.74 Å². The molecule has 0 aliphatic carbocycles. The molecule has 1 aromatic rings. The van der Waals surface area contributed by atoms with Crippen LogP contribution in [0.15, 0.2) is 24.3 Å². The summed E-state index contributed by atoms with van der Waals surface area (Å²) in [6.07, 6.45) is 7.91. The summed E-state index contributed by atoms with van der Waals surface area (Å²) in [5, 5.41) is 0. The zero-order valence-electron chi connectivity index (χ0n) is 21.2. The number of ether oxygens (including phenoxy) is 1. The molecule has 4 heteroatoms. The molecular formula is C27H47NO3. The molecule has 0 fully saturated rings.